The summed E-state index contributed by atoms with van der Waals surface area (Å²) in [6.07, 6.45) is -0.141. The van der Waals surface area contributed by atoms with Crippen molar-refractivity contribution >= 4 is 21.9 Å². The predicted octanol–water partition coefficient (Wildman–Crippen LogP) is 1.79. The molecule has 10 nitrogen and oxygen atoms in total. The Labute approximate surface area is 185 Å². The number of ether oxygens (including phenoxy) is 2. The van der Waals surface area contributed by atoms with E-state index in [-0.39, 0.29) is 43.1 Å². The fourth-order valence-corrected chi connectivity index (χ4v) is 4.94. The van der Waals surface area contributed by atoms with Crippen LogP contribution >= 0.6 is 0 Å². The maximum Gasteiger partial charge on any atom is 0.304 e. The summed E-state index contributed by atoms with van der Waals surface area (Å²) < 4.78 is 39.5. The van der Waals surface area contributed by atoms with Gasteiger partial charge in [-0.25, -0.2) is 18.6 Å². The molecule has 32 heavy (non-hydrogen) atoms. The maximum absolute atomic E-state index is 13.0. The summed E-state index contributed by atoms with van der Waals surface area (Å²) in [7, 11) is -4.18. The van der Waals surface area contributed by atoms with Crippen LogP contribution < -0.4 is 14.9 Å². The molecular weight excluding hydrogens is 440 g/mol. The number of sulfonamides is 1. The number of carbonyl (C=O) groups is 2. The van der Waals surface area contributed by atoms with Crippen molar-refractivity contribution in [1.82, 2.24) is 10.2 Å². The predicted molar refractivity (Wildman–Crippen MR) is 112 cm³/mol. The van der Waals surface area contributed by atoms with Gasteiger partial charge >= 0.3 is 5.97 Å². The summed E-state index contributed by atoms with van der Waals surface area (Å²) in [4.78, 5) is 23.4. The van der Waals surface area contributed by atoms with Crippen LogP contribution in [0.4, 0.5) is 0 Å². The van der Waals surface area contributed by atoms with Crippen LogP contribution in [0, 0.1) is 0 Å². The molecule has 3 rings (SSSR count). The second-order valence-corrected chi connectivity index (χ2v) is 8.99. The summed E-state index contributed by atoms with van der Waals surface area (Å²) in [6.45, 7) is 0.0495. The second-order valence-electron chi connectivity index (χ2n) is 7.25. The Kier molecular flexibility index (Phi) is 7.46. The van der Waals surface area contributed by atoms with Crippen LogP contribution in [0.5, 0.6) is 11.5 Å². The average molecular weight is 464 g/mol. The van der Waals surface area contributed by atoms with E-state index < -0.39 is 33.7 Å². The molecule has 1 heterocycles. The monoisotopic (exact) mass is 464 g/mol. The van der Waals surface area contributed by atoms with E-state index in [1.165, 1.54) is 18.2 Å². The number of para-hydroxylation sites is 1. The van der Waals surface area contributed by atoms with Gasteiger partial charge in [0, 0.05) is 19.8 Å². The van der Waals surface area contributed by atoms with Crippen molar-refractivity contribution in [2.24, 2.45) is 0 Å². The first-order chi connectivity index (χ1) is 15.3. The lowest BCUT2D eigenvalue weighted by Gasteiger charge is -2.36. The number of hydrogen-bond acceptors (Lipinski definition) is 7. The smallest absolute Gasteiger partial charge is 0.304 e. The van der Waals surface area contributed by atoms with Gasteiger partial charge in [-0.05, 0) is 48.7 Å². The normalized spacial score (nSPS) is 15.7. The largest absolute Gasteiger partial charge is 0.481 e. The summed E-state index contributed by atoms with van der Waals surface area (Å²) in [5.74, 6) is -1.10. The Morgan fingerprint density at radius 2 is 1.75 bits per heavy atom. The van der Waals surface area contributed by atoms with Gasteiger partial charge in [-0.3, -0.25) is 14.8 Å². The number of hydroxylamine groups is 1. The molecule has 0 saturated carbocycles. The molecule has 1 aliphatic rings. The number of carboxylic acid groups (broad SMARTS) is 1. The van der Waals surface area contributed by atoms with Crippen LogP contribution in [-0.4, -0.2) is 50.4 Å². The minimum atomic E-state index is -4.18. The van der Waals surface area contributed by atoms with E-state index >= 15 is 0 Å². The van der Waals surface area contributed by atoms with Gasteiger partial charge in [0.1, 0.15) is 11.5 Å². The number of carboxylic acids is 1. The lowest BCUT2D eigenvalue weighted by molar-refractivity contribution is -0.139. The molecule has 2 aromatic rings. The number of amides is 1. The minimum Gasteiger partial charge on any atom is -0.481 e. The molecular formula is C21H24N2O8S. The Morgan fingerprint density at radius 1 is 1.06 bits per heavy atom. The SMILES string of the molecule is O=C(O)CCNS(=O)(=O)c1ccc(Oc2ccccc2)cc1C1(C(=O)NO)CCOCC1. The first-order valence-electron chi connectivity index (χ1n) is 9.90. The molecule has 1 saturated heterocycles. The Balaban J connectivity index is 2.09. The highest BCUT2D eigenvalue weighted by Crippen LogP contribution is 2.41. The second kappa shape index (κ2) is 10.1. The molecule has 0 spiro atoms. The summed E-state index contributed by atoms with van der Waals surface area (Å²) in [5.41, 5.74) is 0.391. The molecule has 1 fully saturated rings. The number of nitrogens with one attached hydrogen (secondary N) is 2. The molecule has 11 heteroatoms. The molecule has 0 atom stereocenters. The molecule has 0 bridgehead atoms. The van der Waals surface area contributed by atoms with Gasteiger partial charge in [0.2, 0.25) is 10.0 Å². The lowest BCUT2D eigenvalue weighted by atomic mass is 9.73. The van der Waals surface area contributed by atoms with E-state index in [2.05, 4.69) is 4.72 Å². The van der Waals surface area contributed by atoms with Crippen molar-refractivity contribution in [3.05, 3.63) is 54.1 Å². The zero-order valence-electron chi connectivity index (χ0n) is 17.1. The molecule has 2 aromatic carbocycles. The number of rotatable bonds is 9. The molecule has 0 aliphatic carbocycles. The van der Waals surface area contributed by atoms with Crippen molar-refractivity contribution in [1.29, 1.82) is 0 Å². The van der Waals surface area contributed by atoms with Gasteiger partial charge in [0.05, 0.1) is 16.7 Å². The van der Waals surface area contributed by atoms with Crippen LogP contribution in [0.25, 0.3) is 0 Å². The van der Waals surface area contributed by atoms with Crippen LogP contribution in [0.3, 0.4) is 0 Å². The summed E-state index contributed by atoms with van der Waals surface area (Å²) in [6, 6.07) is 13.0. The summed E-state index contributed by atoms with van der Waals surface area (Å²) in [5, 5.41) is 18.2. The van der Waals surface area contributed by atoms with Crippen molar-refractivity contribution in [3.63, 3.8) is 0 Å². The van der Waals surface area contributed by atoms with Crippen LogP contribution in [0.2, 0.25) is 0 Å². The topological polar surface area (TPSA) is 151 Å². The van der Waals surface area contributed by atoms with Gasteiger partial charge in [0.15, 0.2) is 0 Å². The molecule has 172 valence electrons. The molecule has 1 aliphatic heterocycles. The third-order valence-electron chi connectivity index (χ3n) is 5.25. The minimum absolute atomic E-state index is 0.128. The third kappa shape index (κ3) is 5.25. The Bertz CT molecular complexity index is 1070. The highest BCUT2D eigenvalue weighted by atomic mass is 32.2. The number of benzene rings is 2. The van der Waals surface area contributed by atoms with Crippen molar-refractivity contribution < 1.29 is 37.8 Å². The molecule has 4 N–H and O–H groups in total. The quantitative estimate of drug-likeness (QED) is 0.324. The molecule has 0 radical (unpaired) electrons. The van der Waals surface area contributed by atoms with E-state index in [0.717, 1.165) is 0 Å². The third-order valence-corrected chi connectivity index (χ3v) is 6.77. The number of carbonyl (C=O) groups excluding carboxylic acids is 1. The van der Waals surface area contributed by atoms with E-state index in [4.69, 9.17) is 14.6 Å². The van der Waals surface area contributed by atoms with Crippen molar-refractivity contribution in [2.45, 2.75) is 29.6 Å². The Hall–Kier alpha value is -2.99. The number of hydrogen-bond donors (Lipinski definition) is 4. The molecule has 0 unspecified atom stereocenters. The number of aliphatic carboxylic acids is 1. The first kappa shape index (κ1) is 23.7. The fourth-order valence-electron chi connectivity index (χ4n) is 3.62. The van der Waals surface area contributed by atoms with Gasteiger partial charge in [-0.2, -0.15) is 0 Å². The van der Waals surface area contributed by atoms with Gasteiger partial charge in [-0.1, -0.05) is 18.2 Å². The standard InChI is InChI=1S/C21H24N2O8S/c24-19(25)8-11-22-32(28,29)18-7-6-16(31-15-4-2-1-3-5-15)14-17(18)21(20(26)23-27)9-12-30-13-10-21/h1-7,14,22,27H,8-13H2,(H,23,26)(H,24,25). The Morgan fingerprint density at radius 3 is 2.38 bits per heavy atom. The van der Waals surface area contributed by atoms with E-state index in [1.807, 2.05) is 6.07 Å². The summed E-state index contributed by atoms with van der Waals surface area (Å²) >= 11 is 0. The molecule has 1 amide bonds. The van der Waals surface area contributed by atoms with Crippen molar-refractivity contribution in [3.8, 4) is 11.5 Å². The van der Waals surface area contributed by atoms with Gasteiger partial charge < -0.3 is 14.6 Å². The lowest BCUT2D eigenvalue weighted by Crippen LogP contribution is -2.48. The van der Waals surface area contributed by atoms with Crippen molar-refractivity contribution in [2.75, 3.05) is 19.8 Å². The zero-order chi connectivity index (χ0) is 23.2. The fraction of sp³-hybridized carbons (Fsp3) is 0.333. The highest BCUT2D eigenvalue weighted by Gasteiger charge is 2.45. The average Bonchev–Trinajstić information content (AvgIpc) is 2.79. The highest BCUT2D eigenvalue weighted by molar-refractivity contribution is 7.89. The van der Waals surface area contributed by atoms with Crippen LogP contribution in [0.1, 0.15) is 24.8 Å². The van der Waals surface area contributed by atoms with Crippen LogP contribution in [0.15, 0.2) is 53.4 Å². The van der Waals surface area contributed by atoms with Crippen LogP contribution in [-0.2, 0) is 29.8 Å². The molecule has 0 aromatic heterocycles. The van der Waals surface area contributed by atoms with E-state index in [0.29, 0.717) is 11.5 Å². The van der Waals surface area contributed by atoms with E-state index in [9.17, 15) is 23.2 Å². The van der Waals surface area contributed by atoms with Gasteiger partial charge in [0.25, 0.3) is 5.91 Å². The first-order valence-corrected chi connectivity index (χ1v) is 11.4. The maximum atomic E-state index is 13.0. The van der Waals surface area contributed by atoms with E-state index in [1.54, 1.807) is 29.7 Å². The zero-order valence-corrected chi connectivity index (χ0v) is 17.9. The van der Waals surface area contributed by atoms with Gasteiger partial charge in [-0.15, -0.1) is 0 Å².